The number of rotatable bonds is 5. The van der Waals surface area contributed by atoms with Gasteiger partial charge in [-0.05, 0) is 11.5 Å². The fourth-order valence-corrected chi connectivity index (χ4v) is 2.69. The third kappa shape index (κ3) is 3.87. The normalized spacial score (nSPS) is 10.9. The van der Waals surface area contributed by atoms with E-state index in [1.54, 1.807) is 4.57 Å². The molecule has 0 saturated carbocycles. The molecule has 1 aromatic heterocycles. The summed E-state index contributed by atoms with van der Waals surface area (Å²) in [7, 11) is 0. The van der Waals surface area contributed by atoms with Gasteiger partial charge in [-0.25, -0.2) is 0 Å². The Morgan fingerprint density at radius 1 is 1.30 bits per heavy atom. The van der Waals surface area contributed by atoms with E-state index in [-0.39, 0.29) is 11.4 Å². The molecule has 1 aromatic carbocycles. The summed E-state index contributed by atoms with van der Waals surface area (Å²) in [4.78, 5) is 16.1. The lowest BCUT2D eigenvalue weighted by Gasteiger charge is -2.12. The van der Waals surface area contributed by atoms with Crippen LogP contribution in [0.15, 0.2) is 46.3 Å². The molecular formula is C15H18N2O2S. The molecule has 0 bridgehead atoms. The number of nitrogens with zero attached hydrogens (tertiary/aromatic N) is 2. The van der Waals surface area contributed by atoms with Crippen molar-refractivity contribution in [2.75, 3.05) is 5.75 Å². The first-order chi connectivity index (χ1) is 9.56. The van der Waals surface area contributed by atoms with E-state index < -0.39 is 0 Å². The average Bonchev–Trinajstić information content (AvgIpc) is 2.41. The highest BCUT2D eigenvalue weighted by molar-refractivity contribution is 7.99. The molecule has 0 fully saturated rings. The molecule has 0 saturated heterocycles. The lowest BCUT2D eigenvalue weighted by atomic mass is 10.2. The zero-order chi connectivity index (χ0) is 14.5. The SMILES string of the molecule is CC(C)CSc1nc(O)cc(=O)n1Cc1ccccc1. The number of benzene rings is 1. The molecule has 5 heteroatoms. The topological polar surface area (TPSA) is 55.1 Å². The quantitative estimate of drug-likeness (QED) is 0.679. The van der Waals surface area contributed by atoms with Crippen molar-refractivity contribution < 1.29 is 5.11 Å². The van der Waals surface area contributed by atoms with E-state index in [0.29, 0.717) is 17.6 Å². The van der Waals surface area contributed by atoms with Crippen molar-refractivity contribution in [1.82, 2.24) is 9.55 Å². The highest BCUT2D eigenvalue weighted by Gasteiger charge is 2.10. The van der Waals surface area contributed by atoms with Gasteiger partial charge < -0.3 is 5.11 Å². The molecule has 2 rings (SSSR count). The Morgan fingerprint density at radius 3 is 2.65 bits per heavy atom. The second-order valence-corrected chi connectivity index (χ2v) is 6.00. The first-order valence-electron chi connectivity index (χ1n) is 6.54. The van der Waals surface area contributed by atoms with Crippen LogP contribution in [-0.4, -0.2) is 20.4 Å². The van der Waals surface area contributed by atoms with E-state index in [1.165, 1.54) is 11.8 Å². The van der Waals surface area contributed by atoms with Crippen LogP contribution in [0.1, 0.15) is 19.4 Å². The van der Waals surface area contributed by atoms with Gasteiger partial charge in [-0.1, -0.05) is 55.9 Å². The predicted molar refractivity (Wildman–Crippen MR) is 81.3 cm³/mol. The van der Waals surface area contributed by atoms with Crippen molar-refractivity contribution in [2.45, 2.75) is 25.5 Å². The van der Waals surface area contributed by atoms with E-state index in [0.717, 1.165) is 17.4 Å². The minimum Gasteiger partial charge on any atom is -0.493 e. The van der Waals surface area contributed by atoms with E-state index in [1.807, 2.05) is 30.3 Å². The Kier molecular flexibility index (Phi) is 4.84. The van der Waals surface area contributed by atoms with Crippen LogP contribution in [0.3, 0.4) is 0 Å². The van der Waals surface area contributed by atoms with Gasteiger partial charge in [0, 0.05) is 5.75 Å². The van der Waals surface area contributed by atoms with E-state index in [4.69, 9.17) is 0 Å². The van der Waals surface area contributed by atoms with Crippen molar-refractivity contribution >= 4 is 11.8 Å². The molecule has 20 heavy (non-hydrogen) atoms. The highest BCUT2D eigenvalue weighted by Crippen LogP contribution is 2.20. The summed E-state index contributed by atoms with van der Waals surface area (Å²) >= 11 is 1.49. The summed E-state index contributed by atoms with van der Waals surface area (Å²) in [5, 5.41) is 10.1. The van der Waals surface area contributed by atoms with E-state index in [2.05, 4.69) is 18.8 Å². The Morgan fingerprint density at radius 2 is 2.00 bits per heavy atom. The smallest absolute Gasteiger partial charge is 0.258 e. The van der Waals surface area contributed by atoms with Gasteiger partial charge in [0.15, 0.2) is 5.16 Å². The van der Waals surface area contributed by atoms with Gasteiger partial charge in [0.2, 0.25) is 5.88 Å². The molecule has 4 nitrogen and oxygen atoms in total. The van der Waals surface area contributed by atoms with Crippen molar-refractivity contribution in [3.05, 3.63) is 52.3 Å². The molecule has 0 radical (unpaired) electrons. The summed E-state index contributed by atoms with van der Waals surface area (Å²) in [5.74, 6) is 1.13. The summed E-state index contributed by atoms with van der Waals surface area (Å²) < 4.78 is 1.60. The molecule has 0 unspecified atom stereocenters. The van der Waals surface area contributed by atoms with Crippen molar-refractivity contribution in [3.63, 3.8) is 0 Å². The first-order valence-corrected chi connectivity index (χ1v) is 7.52. The standard InChI is InChI=1S/C15H18N2O2S/c1-11(2)10-20-15-16-13(18)8-14(19)17(15)9-12-6-4-3-5-7-12/h3-8,11,18H,9-10H2,1-2H3. The molecule has 0 spiro atoms. The van der Waals surface area contributed by atoms with Crippen LogP contribution in [0, 0.1) is 5.92 Å². The van der Waals surface area contributed by atoms with Gasteiger partial charge in [-0.2, -0.15) is 4.98 Å². The third-order valence-corrected chi connectivity index (χ3v) is 4.09. The molecule has 1 N–H and O–H groups in total. The molecule has 0 aliphatic heterocycles. The van der Waals surface area contributed by atoms with Crippen LogP contribution in [-0.2, 0) is 6.54 Å². The third-order valence-electron chi connectivity index (χ3n) is 2.69. The molecule has 0 atom stereocenters. The van der Waals surface area contributed by atoms with Gasteiger partial charge in [0.25, 0.3) is 5.56 Å². The second-order valence-electron chi connectivity index (χ2n) is 5.01. The largest absolute Gasteiger partial charge is 0.493 e. The van der Waals surface area contributed by atoms with E-state index >= 15 is 0 Å². The number of aromatic nitrogens is 2. The van der Waals surface area contributed by atoms with Gasteiger partial charge in [-0.15, -0.1) is 0 Å². The van der Waals surface area contributed by atoms with Crippen LogP contribution >= 0.6 is 11.8 Å². The molecular weight excluding hydrogens is 272 g/mol. The summed E-state index contributed by atoms with van der Waals surface area (Å²) in [6, 6.07) is 10.9. The van der Waals surface area contributed by atoms with Crippen LogP contribution < -0.4 is 5.56 Å². The van der Waals surface area contributed by atoms with Gasteiger partial charge in [0.1, 0.15) is 0 Å². The molecule has 0 aliphatic rings. The van der Waals surface area contributed by atoms with Crippen molar-refractivity contribution in [2.24, 2.45) is 5.92 Å². The monoisotopic (exact) mass is 290 g/mol. The van der Waals surface area contributed by atoms with Crippen LogP contribution in [0.25, 0.3) is 0 Å². The Bertz CT molecular complexity index is 624. The molecule has 0 amide bonds. The lowest BCUT2D eigenvalue weighted by Crippen LogP contribution is -2.22. The van der Waals surface area contributed by atoms with Crippen LogP contribution in [0.5, 0.6) is 5.88 Å². The van der Waals surface area contributed by atoms with E-state index in [9.17, 15) is 9.90 Å². The van der Waals surface area contributed by atoms with Gasteiger partial charge in [0.05, 0.1) is 12.6 Å². The van der Waals surface area contributed by atoms with Gasteiger partial charge in [-0.3, -0.25) is 9.36 Å². The lowest BCUT2D eigenvalue weighted by molar-refractivity contribution is 0.435. The number of hydrogen-bond donors (Lipinski definition) is 1. The van der Waals surface area contributed by atoms with Crippen molar-refractivity contribution in [3.8, 4) is 5.88 Å². The van der Waals surface area contributed by atoms with Crippen molar-refractivity contribution in [1.29, 1.82) is 0 Å². The Labute approximate surface area is 122 Å². The average molecular weight is 290 g/mol. The maximum Gasteiger partial charge on any atom is 0.258 e. The summed E-state index contributed by atoms with van der Waals surface area (Å²) in [6.45, 7) is 4.68. The first kappa shape index (κ1) is 14.7. The predicted octanol–water partition coefficient (Wildman–Crippen LogP) is 2.75. The number of aromatic hydroxyl groups is 1. The minimum absolute atomic E-state index is 0.217. The maximum absolute atomic E-state index is 12.1. The Hall–Kier alpha value is -1.75. The fraction of sp³-hybridized carbons (Fsp3) is 0.333. The van der Waals surface area contributed by atoms with Crippen LogP contribution in [0.4, 0.5) is 0 Å². The molecule has 2 aromatic rings. The number of thioether (sulfide) groups is 1. The maximum atomic E-state index is 12.1. The zero-order valence-corrected chi connectivity index (χ0v) is 12.4. The minimum atomic E-state index is -0.229. The zero-order valence-electron chi connectivity index (χ0n) is 11.6. The molecule has 106 valence electrons. The molecule has 0 aliphatic carbocycles. The highest BCUT2D eigenvalue weighted by atomic mass is 32.2. The fourth-order valence-electron chi connectivity index (χ4n) is 1.74. The molecule has 1 heterocycles. The number of hydrogen-bond acceptors (Lipinski definition) is 4. The second kappa shape index (κ2) is 6.61. The summed E-state index contributed by atoms with van der Waals surface area (Å²) in [5.41, 5.74) is 0.807. The van der Waals surface area contributed by atoms with Gasteiger partial charge >= 0.3 is 0 Å². The summed E-state index contributed by atoms with van der Waals surface area (Å²) in [6.07, 6.45) is 0. The Balaban J connectivity index is 2.32. The van der Waals surface area contributed by atoms with Crippen LogP contribution in [0.2, 0.25) is 0 Å².